The summed E-state index contributed by atoms with van der Waals surface area (Å²) in [4.78, 5) is 10.7. The van der Waals surface area contributed by atoms with Crippen molar-refractivity contribution >= 4 is 11.4 Å². The summed E-state index contributed by atoms with van der Waals surface area (Å²) in [5.41, 5.74) is 2.27. The molecule has 0 saturated carbocycles. The summed E-state index contributed by atoms with van der Waals surface area (Å²) in [7, 11) is 1.64. The average Bonchev–Trinajstić information content (AvgIpc) is 3.11. The Labute approximate surface area is 144 Å². The topological polar surface area (TPSA) is 84.6 Å². The minimum atomic E-state index is -0.472. The number of anilines is 1. The van der Waals surface area contributed by atoms with Crippen molar-refractivity contribution in [3.05, 3.63) is 69.8 Å². The van der Waals surface area contributed by atoms with Crippen LogP contribution in [0.15, 0.2) is 48.6 Å². The molecule has 2 N–H and O–H groups in total. The zero-order valence-electron chi connectivity index (χ0n) is 13.7. The second kappa shape index (κ2) is 5.81. The second-order valence-electron chi connectivity index (χ2n) is 6.40. The molecule has 1 heterocycles. The standard InChI is InChI=1S/C19H18N2O4/c1-25-17-8-3-2-5-14(17)18-13-7-4-6-12(13)15-9-11(21(23)24)10-16(22)19(15)20-18/h2-6,8-10,12-13,18,20,22H,7H2,1H3. The lowest BCUT2D eigenvalue weighted by molar-refractivity contribution is -0.385. The lowest BCUT2D eigenvalue weighted by Gasteiger charge is -2.38. The molecule has 0 spiro atoms. The Kier molecular flexibility index (Phi) is 3.60. The molecule has 0 amide bonds. The van der Waals surface area contributed by atoms with E-state index in [1.54, 1.807) is 13.2 Å². The van der Waals surface area contributed by atoms with Gasteiger partial charge in [0.2, 0.25) is 0 Å². The molecule has 6 nitrogen and oxygen atoms in total. The number of nitro benzene ring substituents is 1. The van der Waals surface area contributed by atoms with Gasteiger partial charge in [0.15, 0.2) is 0 Å². The quantitative estimate of drug-likeness (QED) is 0.380. The fourth-order valence-corrected chi connectivity index (χ4v) is 4.00. The molecular formula is C19H18N2O4. The normalized spacial score (nSPS) is 23.5. The van der Waals surface area contributed by atoms with E-state index in [9.17, 15) is 15.2 Å². The molecule has 0 saturated heterocycles. The van der Waals surface area contributed by atoms with Crippen molar-refractivity contribution in [3.63, 3.8) is 0 Å². The number of rotatable bonds is 3. The maximum Gasteiger partial charge on any atom is 0.273 e. The van der Waals surface area contributed by atoms with Crippen LogP contribution < -0.4 is 10.1 Å². The summed E-state index contributed by atoms with van der Waals surface area (Å²) < 4.78 is 5.50. The maximum atomic E-state index is 11.1. The number of para-hydroxylation sites is 1. The highest BCUT2D eigenvalue weighted by Gasteiger charge is 2.40. The van der Waals surface area contributed by atoms with E-state index in [0.717, 1.165) is 23.3 Å². The Hall–Kier alpha value is -3.02. The fourth-order valence-electron chi connectivity index (χ4n) is 4.00. The number of methoxy groups -OCH3 is 1. The van der Waals surface area contributed by atoms with E-state index in [-0.39, 0.29) is 29.3 Å². The number of hydrogen-bond acceptors (Lipinski definition) is 5. The number of phenols is 1. The molecule has 6 heteroatoms. The largest absolute Gasteiger partial charge is 0.506 e. The highest BCUT2D eigenvalue weighted by Crippen LogP contribution is 2.53. The Balaban J connectivity index is 1.84. The van der Waals surface area contributed by atoms with Gasteiger partial charge in [-0.25, -0.2) is 0 Å². The average molecular weight is 338 g/mol. The van der Waals surface area contributed by atoms with Crippen LogP contribution in [-0.2, 0) is 0 Å². The molecule has 1 aliphatic heterocycles. The van der Waals surface area contributed by atoms with Crippen LogP contribution in [0, 0.1) is 16.0 Å². The molecule has 0 radical (unpaired) electrons. The van der Waals surface area contributed by atoms with Gasteiger partial charge in [0.05, 0.1) is 29.8 Å². The summed E-state index contributed by atoms with van der Waals surface area (Å²) in [6.07, 6.45) is 5.05. The van der Waals surface area contributed by atoms with Gasteiger partial charge in [-0.15, -0.1) is 0 Å². The van der Waals surface area contributed by atoms with Crippen LogP contribution in [0.1, 0.15) is 29.5 Å². The molecule has 25 heavy (non-hydrogen) atoms. The van der Waals surface area contributed by atoms with Crippen LogP contribution >= 0.6 is 0 Å². The Morgan fingerprint density at radius 2 is 2.08 bits per heavy atom. The smallest absolute Gasteiger partial charge is 0.273 e. The van der Waals surface area contributed by atoms with E-state index < -0.39 is 4.92 Å². The minimum absolute atomic E-state index is 0.0250. The third-order valence-corrected chi connectivity index (χ3v) is 5.12. The van der Waals surface area contributed by atoms with Crippen molar-refractivity contribution in [2.24, 2.45) is 5.92 Å². The fraction of sp³-hybridized carbons (Fsp3) is 0.263. The zero-order valence-corrected chi connectivity index (χ0v) is 13.7. The molecule has 0 aromatic heterocycles. The molecule has 128 valence electrons. The van der Waals surface area contributed by atoms with Crippen LogP contribution in [0.2, 0.25) is 0 Å². The van der Waals surface area contributed by atoms with Crippen LogP contribution in [0.4, 0.5) is 11.4 Å². The van der Waals surface area contributed by atoms with Crippen molar-refractivity contribution in [3.8, 4) is 11.5 Å². The van der Waals surface area contributed by atoms with E-state index in [0.29, 0.717) is 5.69 Å². The van der Waals surface area contributed by atoms with Gasteiger partial charge in [0, 0.05) is 17.5 Å². The highest BCUT2D eigenvalue weighted by molar-refractivity contribution is 5.70. The number of non-ortho nitro benzene ring substituents is 1. The van der Waals surface area contributed by atoms with Crippen molar-refractivity contribution in [1.82, 2.24) is 0 Å². The number of benzene rings is 2. The molecular weight excluding hydrogens is 320 g/mol. The number of hydrogen-bond donors (Lipinski definition) is 2. The first-order valence-electron chi connectivity index (χ1n) is 8.17. The monoisotopic (exact) mass is 338 g/mol. The summed E-state index contributed by atoms with van der Waals surface area (Å²) in [5, 5.41) is 24.9. The van der Waals surface area contributed by atoms with Crippen molar-refractivity contribution in [2.45, 2.75) is 18.4 Å². The van der Waals surface area contributed by atoms with Gasteiger partial charge in [-0.3, -0.25) is 10.1 Å². The summed E-state index contributed by atoms with van der Waals surface area (Å²) in [6.45, 7) is 0. The summed E-state index contributed by atoms with van der Waals surface area (Å²) in [6, 6.07) is 10.5. The molecule has 4 rings (SSSR count). The van der Waals surface area contributed by atoms with Gasteiger partial charge >= 0.3 is 0 Å². The lowest BCUT2D eigenvalue weighted by atomic mass is 9.76. The molecule has 0 fully saturated rings. The predicted octanol–water partition coefficient (Wildman–Crippen LogP) is 4.14. The summed E-state index contributed by atoms with van der Waals surface area (Å²) >= 11 is 0. The van der Waals surface area contributed by atoms with E-state index in [4.69, 9.17) is 4.74 Å². The first-order chi connectivity index (χ1) is 12.1. The number of nitro groups is 1. The number of aromatic hydroxyl groups is 1. The number of phenolic OH excluding ortho intramolecular Hbond substituents is 1. The Morgan fingerprint density at radius 1 is 1.28 bits per heavy atom. The van der Waals surface area contributed by atoms with E-state index in [2.05, 4.69) is 17.5 Å². The SMILES string of the molecule is COc1ccccc1C1Nc2c(O)cc([N+](=O)[O-])cc2C2C=CCC21. The van der Waals surface area contributed by atoms with Crippen LogP contribution in [0.25, 0.3) is 0 Å². The molecule has 3 unspecified atom stereocenters. The highest BCUT2D eigenvalue weighted by atomic mass is 16.6. The third kappa shape index (κ3) is 2.41. The van der Waals surface area contributed by atoms with Crippen LogP contribution in [-0.4, -0.2) is 17.1 Å². The van der Waals surface area contributed by atoms with Gasteiger partial charge in [-0.05, 0) is 24.0 Å². The van der Waals surface area contributed by atoms with Gasteiger partial charge in [0.1, 0.15) is 11.5 Å². The van der Waals surface area contributed by atoms with E-state index in [1.807, 2.05) is 24.3 Å². The second-order valence-corrected chi connectivity index (χ2v) is 6.40. The zero-order chi connectivity index (χ0) is 17.6. The Bertz CT molecular complexity index is 878. The number of nitrogens with zero attached hydrogens (tertiary/aromatic N) is 1. The lowest BCUT2D eigenvalue weighted by Crippen LogP contribution is -2.29. The maximum absolute atomic E-state index is 11.1. The van der Waals surface area contributed by atoms with Gasteiger partial charge < -0.3 is 15.2 Å². The third-order valence-electron chi connectivity index (χ3n) is 5.12. The molecule has 2 aromatic carbocycles. The van der Waals surface area contributed by atoms with Crippen molar-refractivity contribution < 1.29 is 14.8 Å². The molecule has 2 aliphatic rings. The van der Waals surface area contributed by atoms with Crippen LogP contribution in [0.5, 0.6) is 11.5 Å². The Morgan fingerprint density at radius 3 is 2.84 bits per heavy atom. The molecule has 3 atom stereocenters. The van der Waals surface area contributed by atoms with Gasteiger partial charge in [-0.2, -0.15) is 0 Å². The number of ether oxygens (including phenoxy) is 1. The first-order valence-corrected chi connectivity index (χ1v) is 8.17. The number of nitrogens with one attached hydrogen (secondary N) is 1. The van der Waals surface area contributed by atoms with Crippen molar-refractivity contribution in [2.75, 3.05) is 12.4 Å². The van der Waals surface area contributed by atoms with E-state index in [1.165, 1.54) is 6.07 Å². The number of fused-ring (bicyclic) bond motifs is 3. The minimum Gasteiger partial charge on any atom is -0.506 e. The summed E-state index contributed by atoms with van der Waals surface area (Å²) in [5.74, 6) is 0.931. The molecule has 1 aliphatic carbocycles. The molecule has 2 aromatic rings. The van der Waals surface area contributed by atoms with Crippen molar-refractivity contribution in [1.29, 1.82) is 0 Å². The first kappa shape index (κ1) is 15.5. The van der Waals surface area contributed by atoms with E-state index >= 15 is 0 Å². The predicted molar refractivity (Wildman–Crippen MR) is 94.1 cm³/mol. The van der Waals surface area contributed by atoms with Crippen LogP contribution in [0.3, 0.4) is 0 Å². The van der Waals surface area contributed by atoms with Gasteiger partial charge in [0.25, 0.3) is 5.69 Å². The number of allylic oxidation sites excluding steroid dienone is 2. The van der Waals surface area contributed by atoms with Gasteiger partial charge in [-0.1, -0.05) is 30.4 Å². The molecule has 0 bridgehead atoms.